The number of hydrogen-bond donors (Lipinski definition) is 0. The van der Waals surface area contributed by atoms with Gasteiger partial charge in [0.2, 0.25) is 0 Å². The monoisotopic (exact) mass is 304 g/mol. The van der Waals surface area contributed by atoms with Crippen molar-refractivity contribution in [2.45, 2.75) is 84.8 Å². The van der Waals surface area contributed by atoms with E-state index in [2.05, 4.69) is 60.6 Å². The lowest BCUT2D eigenvalue weighted by Gasteiger charge is -2.27. The largest absolute Gasteiger partial charge is 0.493 e. The van der Waals surface area contributed by atoms with Crippen molar-refractivity contribution in [1.82, 2.24) is 0 Å². The van der Waals surface area contributed by atoms with Gasteiger partial charge in [-0.3, -0.25) is 0 Å². The highest BCUT2D eigenvalue weighted by molar-refractivity contribution is 5.49. The molecule has 1 aliphatic rings. The molecule has 1 aromatic carbocycles. The fraction of sp³-hybridized carbons (Fsp3) is 0.700. The summed E-state index contributed by atoms with van der Waals surface area (Å²) in [7, 11) is 0. The first-order valence-corrected chi connectivity index (χ1v) is 8.71. The Hall–Kier alpha value is -1.02. The van der Waals surface area contributed by atoms with Gasteiger partial charge in [0.15, 0.2) is 0 Å². The van der Waals surface area contributed by atoms with Crippen LogP contribution in [0, 0.1) is 6.92 Å². The van der Waals surface area contributed by atoms with Gasteiger partial charge in [0.05, 0.1) is 18.8 Å². The highest BCUT2D eigenvalue weighted by Gasteiger charge is 2.38. The minimum atomic E-state index is 0.0903. The van der Waals surface area contributed by atoms with E-state index >= 15 is 0 Å². The first-order valence-electron chi connectivity index (χ1n) is 8.71. The van der Waals surface area contributed by atoms with E-state index in [-0.39, 0.29) is 5.41 Å². The Morgan fingerprint density at radius 2 is 1.86 bits per heavy atom. The molecule has 2 heteroatoms. The Balaban J connectivity index is 2.34. The molecular formula is C20H32O2. The molecule has 1 saturated heterocycles. The molecular weight excluding hydrogens is 272 g/mol. The molecule has 2 rings (SSSR count). The van der Waals surface area contributed by atoms with Crippen LogP contribution in [0.1, 0.15) is 77.0 Å². The summed E-state index contributed by atoms with van der Waals surface area (Å²) in [5.41, 5.74) is 4.07. The van der Waals surface area contributed by atoms with Gasteiger partial charge < -0.3 is 9.47 Å². The van der Waals surface area contributed by atoms with E-state index in [0.717, 1.165) is 18.6 Å². The second-order valence-corrected chi connectivity index (χ2v) is 7.67. The summed E-state index contributed by atoms with van der Waals surface area (Å²) in [5, 5.41) is 0. The molecule has 0 bridgehead atoms. The maximum absolute atomic E-state index is 6.09. The summed E-state index contributed by atoms with van der Waals surface area (Å²) in [6.45, 7) is 16.2. The second kappa shape index (κ2) is 6.62. The highest BCUT2D eigenvalue weighted by atomic mass is 16.6. The average molecular weight is 304 g/mol. The first kappa shape index (κ1) is 17.3. The van der Waals surface area contributed by atoms with Crippen LogP contribution in [-0.2, 0) is 10.2 Å². The van der Waals surface area contributed by atoms with Crippen LogP contribution >= 0.6 is 0 Å². The zero-order valence-electron chi connectivity index (χ0n) is 15.3. The summed E-state index contributed by atoms with van der Waals surface area (Å²) >= 11 is 0. The standard InChI is InChI=1S/C20H32O2/c1-8-17-18(22-17)12-14(4)15-10-13(3)11-16(20(5,6)7)19(15)21-9-2/h10-11,14,17-18H,8-9,12H2,1-7H3. The molecule has 1 aromatic rings. The number of ether oxygens (including phenoxy) is 2. The molecule has 124 valence electrons. The van der Waals surface area contributed by atoms with Gasteiger partial charge in [0.1, 0.15) is 5.75 Å². The van der Waals surface area contributed by atoms with Crippen LogP contribution in [-0.4, -0.2) is 18.8 Å². The van der Waals surface area contributed by atoms with Gasteiger partial charge in [0.25, 0.3) is 0 Å². The van der Waals surface area contributed by atoms with E-state index in [0.29, 0.717) is 24.7 Å². The molecule has 22 heavy (non-hydrogen) atoms. The molecule has 0 spiro atoms. The van der Waals surface area contributed by atoms with Gasteiger partial charge in [-0.1, -0.05) is 52.3 Å². The smallest absolute Gasteiger partial charge is 0.126 e. The number of aryl methyl sites for hydroxylation is 1. The topological polar surface area (TPSA) is 21.8 Å². The van der Waals surface area contributed by atoms with Crippen LogP contribution in [0.25, 0.3) is 0 Å². The van der Waals surface area contributed by atoms with Crippen molar-refractivity contribution in [3.8, 4) is 5.75 Å². The molecule has 1 heterocycles. The van der Waals surface area contributed by atoms with Gasteiger partial charge in [-0.05, 0) is 43.6 Å². The lowest BCUT2D eigenvalue weighted by Crippen LogP contribution is -2.16. The fourth-order valence-corrected chi connectivity index (χ4v) is 3.25. The Kier molecular flexibility index (Phi) is 5.21. The maximum atomic E-state index is 6.09. The molecule has 0 aliphatic carbocycles. The predicted octanol–water partition coefficient (Wildman–Crippen LogP) is 5.36. The first-order chi connectivity index (χ1) is 10.3. The zero-order chi connectivity index (χ0) is 16.5. The van der Waals surface area contributed by atoms with Gasteiger partial charge in [-0.15, -0.1) is 0 Å². The Bertz CT molecular complexity index is 513. The molecule has 2 nitrogen and oxygen atoms in total. The molecule has 0 amide bonds. The second-order valence-electron chi connectivity index (χ2n) is 7.67. The van der Waals surface area contributed by atoms with Crippen LogP contribution in [0.15, 0.2) is 12.1 Å². The molecule has 0 N–H and O–H groups in total. The molecule has 0 aromatic heterocycles. The van der Waals surface area contributed by atoms with Crippen LogP contribution in [0.2, 0.25) is 0 Å². The third kappa shape index (κ3) is 3.84. The predicted molar refractivity (Wildman–Crippen MR) is 93.0 cm³/mol. The Morgan fingerprint density at radius 3 is 2.36 bits per heavy atom. The molecule has 1 aliphatic heterocycles. The van der Waals surface area contributed by atoms with Crippen molar-refractivity contribution in [2.75, 3.05) is 6.61 Å². The Morgan fingerprint density at radius 1 is 1.18 bits per heavy atom. The lowest BCUT2D eigenvalue weighted by molar-refractivity contribution is 0.320. The number of epoxide rings is 1. The Labute approximate surface area is 136 Å². The zero-order valence-corrected chi connectivity index (χ0v) is 15.3. The quantitative estimate of drug-likeness (QED) is 0.660. The normalized spacial score (nSPS) is 22.5. The third-order valence-corrected chi connectivity index (χ3v) is 4.57. The average Bonchev–Trinajstić information content (AvgIpc) is 3.17. The van der Waals surface area contributed by atoms with Gasteiger partial charge in [-0.25, -0.2) is 0 Å². The van der Waals surface area contributed by atoms with Crippen LogP contribution in [0.4, 0.5) is 0 Å². The van der Waals surface area contributed by atoms with Crippen molar-refractivity contribution in [2.24, 2.45) is 0 Å². The molecule has 3 atom stereocenters. The minimum Gasteiger partial charge on any atom is -0.493 e. The van der Waals surface area contributed by atoms with Crippen LogP contribution < -0.4 is 4.74 Å². The molecule has 0 saturated carbocycles. The van der Waals surface area contributed by atoms with Gasteiger partial charge in [-0.2, -0.15) is 0 Å². The van der Waals surface area contributed by atoms with E-state index in [9.17, 15) is 0 Å². The summed E-state index contributed by atoms with van der Waals surface area (Å²) in [6.07, 6.45) is 3.13. The summed E-state index contributed by atoms with van der Waals surface area (Å²) < 4.78 is 11.8. The molecule has 0 radical (unpaired) electrons. The lowest BCUT2D eigenvalue weighted by atomic mass is 9.81. The summed E-state index contributed by atoms with van der Waals surface area (Å²) in [5.74, 6) is 1.56. The minimum absolute atomic E-state index is 0.0903. The van der Waals surface area contributed by atoms with Crippen molar-refractivity contribution >= 4 is 0 Å². The van der Waals surface area contributed by atoms with Crippen molar-refractivity contribution < 1.29 is 9.47 Å². The number of benzene rings is 1. The van der Waals surface area contributed by atoms with E-state index in [1.807, 2.05) is 0 Å². The maximum Gasteiger partial charge on any atom is 0.126 e. The molecule has 1 fully saturated rings. The van der Waals surface area contributed by atoms with Crippen molar-refractivity contribution in [1.29, 1.82) is 0 Å². The van der Waals surface area contributed by atoms with Crippen molar-refractivity contribution in [3.05, 3.63) is 28.8 Å². The van der Waals surface area contributed by atoms with Crippen molar-refractivity contribution in [3.63, 3.8) is 0 Å². The van der Waals surface area contributed by atoms with E-state index in [1.54, 1.807) is 0 Å². The summed E-state index contributed by atoms with van der Waals surface area (Å²) in [4.78, 5) is 0. The fourth-order valence-electron chi connectivity index (χ4n) is 3.25. The van der Waals surface area contributed by atoms with E-state index in [1.165, 1.54) is 16.7 Å². The third-order valence-electron chi connectivity index (χ3n) is 4.57. The number of hydrogen-bond acceptors (Lipinski definition) is 2. The number of rotatable bonds is 6. The van der Waals surface area contributed by atoms with Crippen LogP contribution in [0.5, 0.6) is 5.75 Å². The van der Waals surface area contributed by atoms with E-state index in [4.69, 9.17) is 9.47 Å². The SMILES string of the molecule is CCOc1c(C(C)CC2OC2CC)cc(C)cc1C(C)(C)C. The highest BCUT2D eigenvalue weighted by Crippen LogP contribution is 2.42. The molecule has 3 unspecified atom stereocenters. The van der Waals surface area contributed by atoms with Gasteiger partial charge in [0, 0.05) is 5.56 Å². The van der Waals surface area contributed by atoms with E-state index < -0.39 is 0 Å². The van der Waals surface area contributed by atoms with Crippen LogP contribution in [0.3, 0.4) is 0 Å². The summed E-state index contributed by atoms with van der Waals surface area (Å²) in [6, 6.07) is 4.58. The van der Waals surface area contributed by atoms with Gasteiger partial charge >= 0.3 is 0 Å².